The van der Waals surface area contributed by atoms with Gasteiger partial charge in [-0.1, -0.05) is 55.8 Å². The number of anilines is 1. The van der Waals surface area contributed by atoms with E-state index in [4.69, 9.17) is 4.98 Å². The zero-order valence-corrected chi connectivity index (χ0v) is 22.8. The lowest BCUT2D eigenvalue weighted by Gasteiger charge is -2.14. The highest BCUT2D eigenvalue weighted by Crippen LogP contribution is 2.28. The number of fused-ring (bicyclic) bond motifs is 1. The molecule has 0 saturated heterocycles. The van der Waals surface area contributed by atoms with Crippen LogP contribution in [0.1, 0.15) is 41.5 Å². The molecule has 0 saturated carbocycles. The number of halogens is 3. The van der Waals surface area contributed by atoms with Crippen molar-refractivity contribution >= 4 is 34.7 Å². The molecule has 41 heavy (non-hydrogen) atoms. The number of ether oxygens (including phenoxy) is 1. The topological polar surface area (TPSA) is 93.5 Å². The Kier molecular flexibility index (Phi) is 8.75. The number of aromatic nitrogens is 2. The van der Waals surface area contributed by atoms with Crippen molar-refractivity contribution < 1.29 is 32.3 Å². The highest BCUT2D eigenvalue weighted by Gasteiger charge is 2.42. The molecule has 0 aliphatic carbocycles. The van der Waals surface area contributed by atoms with Crippen LogP contribution < -0.4 is 5.32 Å². The molecule has 0 unspecified atom stereocenters. The van der Waals surface area contributed by atoms with Crippen LogP contribution in [0.4, 0.5) is 23.7 Å². The van der Waals surface area contributed by atoms with Crippen molar-refractivity contribution in [3.63, 3.8) is 0 Å². The van der Waals surface area contributed by atoms with Crippen molar-refractivity contribution in [2.45, 2.75) is 38.9 Å². The molecule has 0 atom stereocenters. The van der Waals surface area contributed by atoms with Crippen molar-refractivity contribution in [1.82, 2.24) is 14.5 Å². The number of urea groups is 1. The average molecular weight is 567 g/mol. The number of alkyl halides is 3. The van der Waals surface area contributed by atoms with Gasteiger partial charge in [0.15, 0.2) is 0 Å². The van der Waals surface area contributed by atoms with E-state index < -0.39 is 18.1 Å². The highest BCUT2D eigenvalue weighted by molar-refractivity contribution is 6.03. The second-order valence-corrected chi connectivity index (χ2v) is 9.66. The van der Waals surface area contributed by atoms with Crippen LogP contribution in [0.5, 0.6) is 0 Å². The maximum atomic E-state index is 12.6. The molecule has 3 aromatic carbocycles. The number of unbranched alkanes of at least 4 members (excludes halogenated alkanes) is 1. The van der Waals surface area contributed by atoms with E-state index in [1.54, 1.807) is 38.4 Å². The molecule has 0 aliphatic rings. The zero-order valence-electron chi connectivity index (χ0n) is 22.8. The first-order chi connectivity index (χ1) is 19.5. The molecule has 8 nitrogen and oxygen atoms in total. The number of benzene rings is 3. The van der Waals surface area contributed by atoms with Crippen LogP contribution in [0, 0.1) is 0 Å². The lowest BCUT2D eigenvalue weighted by Crippen LogP contribution is -2.28. The fraction of sp³-hybridized carbons (Fsp3) is 0.267. The van der Waals surface area contributed by atoms with E-state index in [0.717, 1.165) is 41.7 Å². The third-order valence-corrected chi connectivity index (χ3v) is 6.41. The van der Waals surface area contributed by atoms with Gasteiger partial charge < -0.3 is 19.5 Å². The second-order valence-electron chi connectivity index (χ2n) is 9.66. The Morgan fingerprint density at radius 3 is 2.37 bits per heavy atom. The molecular weight excluding hydrogens is 537 g/mol. The number of carbonyl (C=O) groups excluding carboxylic acids is 3. The summed E-state index contributed by atoms with van der Waals surface area (Å²) in [6.07, 6.45) is -2.55. The smallest absolute Gasteiger partial charge is 0.383 e. The number of nitrogens with zero attached hydrogens (tertiary/aromatic N) is 3. The Balaban J connectivity index is 1.63. The van der Waals surface area contributed by atoms with Crippen LogP contribution in [0.2, 0.25) is 0 Å². The number of hydrogen-bond donors (Lipinski definition) is 1. The molecule has 1 aromatic heterocycles. The fourth-order valence-electron chi connectivity index (χ4n) is 4.27. The predicted octanol–water partition coefficient (Wildman–Crippen LogP) is 6.43. The second kappa shape index (κ2) is 12.2. The van der Waals surface area contributed by atoms with Crippen molar-refractivity contribution in [2.75, 3.05) is 19.4 Å². The van der Waals surface area contributed by atoms with Gasteiger partial charge in [-0.05, 0) is 47.4 Å². The summed E-state index contributed by atoms with van der Waals surface area (Å²) < 4.78 is 43.9. The Labute approximate surface area is 234 Å². The van der Waals surface area contributed by atoms with Crippen molar-refractivity contribution in [2.24, 2.45) is 0 Å². The van der Waals surface area contributed by atoms with Crippen LogP contribution in [0.25, 0.3) is 22.2 Å². The van der Waals surface area contributed by atoms with Gasteiger partial charge in [-0.15, -0.1) is 0 Å². The minimum absolute atomic E-state index is 0.160. The summed E-state index contributed by atoms with van der Waals surface area (Å²) in [6.45, 7) is 2.58. The van der Waals surface area contributed by atoms with Gasteiger partial charge in [0.25, 0.3) is 0 Å². The maximum absolute atomic E-state index is 12.6. The van der Waals surface area contributed by atoms with E-state index in [1.807, 2.05) is 30.3 Å². The van der Waals surface area contributed by atoms with E-state index in [9.17, 15) is 27.6 Å². The monoisotopic (exact) mass is 566 g/mol. The molecule has 214 valence electrons. The summed E-state index contributed by atoms with van der Waals surface area (Å²) in [5.74, 6) is -3.04. The lowest BCUT2D eigenvalue weighted by molar-refractivity contribution is -0.193. The van der Waals surface area contributed by atoms with Gasteiger partial charge in [-0.2, -0.15) is 13.2 Å². The Morgan fingerprint density at radius 2 is 1.71 bits per heavy atom. The standard InChI is InChI=1S/C30H29F3N4O4/c1-4-5-10-26-35-24-16-15-21(34-29(40)36(2)3)17-25(24)37(26)18-19-11-13-20(14-12-19)22-8-6-7-9-23(22)27(38)41-28(39)30(31,32)33/h6-9,11-17H,4-5,10,18H2,1-3H3,(H,34,40). The average Bonchev–Trinajstić information content (AvgIpc) is 3.27. The largest absolute Gasteiger partial charge is 0.491 e. The third kappa shape index (κ3) is 6.92. The first-order valence-corrected chi connectivity index (χ1v) is 13.0. The molecule has 0 spiro atoms. The fourth-order valence-corrected chi connectivity index (χ4v) is 4.27. The molecule has 4 aromatic rings. The summed E-state index contributed by atoms with van der Waals surface area (Å²) in [5.41, 5.74) is 3.96. The number of amides is 2. The molecule has 0 radical (unpaired) electrons. The van der Waals surface area contributed by atoms with Gasteiger partial charge in [0, 0.05) is 32.7 Å². The number of rotatable bonds is 8. The Hall–Kier alpha value is -4.67. The molecule has 0 bridgehead atoms. The van der Waals surface area contributed by atoms with Crippen LogP contribution in [0.3, 0.4) is 0 Å². The Bertz CT molecular complexity index is 1580. The van der Waals surface area contributed by atoms with Gasteiger partial charge >= 0.3 is 24.1 Å². The SMILES string of the molecule is CCCCc1nc2ccc(NC(=O)N(C)C)cc2n1Cc1ccc(-c2ccccc2C(=O)OC(=O)C(F)(F)F)cc1. The Morgan fingerprint density at radius 1 is 1.00 bits per heavy atom. The molecule has 4 rings (SSSR count). The van der Waals surface area contributed by atoms with Gasteiger partial charge in [0.1, 0.15) is 5.82 Å². The van der Waals surface area contributed by atoms with Crippen molar-refractivity contribution in [3.8, 4) is 11.1 Å². The van der Waals surface area contributed by atoms with E-state index in [1.165, 1.54) is 17.0 Å². The number of hydrogen-bond acceptors (Lipinski definition) is 5. The van der Waals surface area contributed by atoms with E-state index in [0.29, 0.717) is 23.4 Å². The number of aryl methyl sites for hydroxylation is 1. The van der Waals surface area contributed by atoms with Crippen molar-refractivity contribution in [3.05, 3.63) is 83.7 Å². The van der Waals surface area contributed by atoms with E-state index in [-0.39, 0.29) is 11.6 Å². The normalized spacial score (nSPS) is 11.4. The lowest BCUT2D eigenvalue weighted by atomic mass is 9.98. The number of carbonyl (C=O) groups is 3. The molecular formula is C30H29F3N4O4. The van der Waals surface area contributed by atoms with Gasteiger partial charge in [-0.3, -0.25) is 0 Å². The number of nitrogens with one attached hydrogen (secondary N) is 1. The van der Waals surface area contributed by atoms with Crippen LogP contribution >= 0.6 is 0 Å². The zero-order chi connectivity index (χ0) is 29.7. The van der Waals surface area contributed by atoms with Gasteiger partial charge in [0.2, 0.25) is 0 Å². The molecule has 0 fully saturated rings. The summed E-state index contributed by atoms with van der Waals surface area (Å²) >= 11 is 0. The van der Waals surface area contributed by atoms with Crippen LogP contribution in [-0.2, 0) is 22.5 Å². The summed E-state index contributed by atoms with van der Waals surface area (Å²) in [6, 6.07) is 18.5. The number of esters is 2. The van der Waals surface area contributed by atoms with Crippen LogP contribution in [0.15, 0.2) is 66.7 Å². The quantitative estimate of drug-likeness (QED) is 0.196. The van der Waals surface area contributed by atoms with Crippen LogP contribution in [-0.4, -0.2) is 52.7 Å². The van der Waals surface area contributed by atoms with E-state index >= 15 is 0 Å². The summed E-state index contributed by atoms with van der Waals surface area (Å²) in [5, 5.41) is 2.86. The maximum Gasteiger partial charge on any atom is 0.491 e. The number of imidazole rings is 1. The molecule has 1 heterocycles. The van der Waals surface area contributed by atoms with E-state index in [2.05, 4.69) is 21.5 Å². The minimum Gasteiger partial charge on any atom is -0.383 e. The first kappa shape index (κ1) is 29.3. The van der Waals surface area contributed by atoms with Gasteiger partial charge in [-0.25, -0.2) is 19.4 Å². The highest BCUT2D eigenvalue weighted by atomic mass is 19.4. The third-order valence-electron chi connectivity index (χ3n) is 6.41. The summed E-state index contributed by atoms with van der Waals surface area (Å²) in [4.78, 5) is 42.0. The predicted molar refractivity (Wildman–Crippen MR) is 149 cm³/mol. The molecule has 1 N–H and O–H groups in total. The minimum atomic E-state index is -5.28. The first-order valence-electron chi connectivity index (χ1n) is 13.0. The van der Waals surface area contributed by atoms with Crippen molar-refractivity contribution in [1.29, 1.82) is 0 Å². The molecule has 2 amide bonds. The summed E-state index contributed by atoms with van der Waals surface area (Å²) in [7, 11) is 3.32. The molecule has 0 aliphatic heterocycles. The molecule has 11 heteroatoms. The van der Waals surface area contributed by atoms with Gasteiger partial charge in [0.05, 0.1) is 16.6 Å².